The lowest BCUT2D eigenvalue weighted by atomic mass is 10.2. The van der Waals surface area contributed by atoms with Crippen molar-refractivity contribution in [2.45, 2.75) is 6.61 Å². The minimum atomic E-state index is -2.94. The molecule has 0 unspecified atom stereocenters. The van der Waals surface area contributed by atoms with Gasteiger partial charge in [-0.2, -0.15) is 8.78 Å². The van der Waals surface area contributed by atoms with Crippen molar-refractivity contribution in [2.75, 3.05) is 25.6 Å². The summed E-state index contributed by atoms with van der Waals surface area (Å²) in [6.07, 6.45) is 0.637. The maximum Gasteiger partial charge on any atom is 0.387 e. The standard InChI is InChI=1S/C19H17F2NO7/c1-26-16-8-12(9-23)2-7-15(16)27-11-18(25)28-10-17(24)22-13-3-5-14(6-4-13)29-19(20)21/h2-9,19H,10-11H2,1H3,(H,22,24). The van der Waals surface area contributed by atoms with Gasteiger partial charge in [0.2, 0.25) is 0 Å². The number of anilines is 1. The molecule has 1 N–H and O–H groups in total. The number of aldehydes is 1. The number of amides is 1. The molecule has 0 aliphatic heterocycles. The molecule has 8 nitrogen and oxygen atoms in total. The molecule has 0 aromatic heterocycles. The first-order valence-electron chi connectivity index (χ1n) is 8.17. The highest BCUT2D eigenvalue weighted by atomic mass is 19.3. The summed E-state index contributed by atoms with van der Waals surface area (Å²) in [5.74, 6) is -1.00. The smallest absolute Gasteiger partial charge is 0.387 e. The lowest BCUT2D eigenvalue weighted by Gasteiger charge is -2.11. The average molecular weight is 409 g/mol. The van der Waals surface area contributed by atoms with E-state index in [1.165, 1.54) is 49.6 Å². The van der Waals surface area contributed by atoms with Crippen LogP contribution in [0.2, 0.25) is 0 Å². The van der Waals surface area contributed by atoms with Gasteiger partial charge in [-0.1, -0.05) is 0 Å². The molecule has 0 radical (unpaired) electrons. The van der Waals surface area contributed by atoms with E-state index >= 15 is 0 Å². The number of ether oxygens (including phenoxy) is 4. The van der Waals surface area contributed by atoms with Gasteiger partial charge in [-0.15, -0.1) is 0 Å². The minimum Gasteiger partial charge on any atom is -0.493 e. The monoisotopic (exact) mass is 409 g/mol. The van der Waals surface area contributed by atoms with Crippen molar-refractivity contribution < 1.29 is 42.1 Å². The van der Waals surface area contributed by atoms with Crippen LogP contribution in [-0.2, 0) is 14.3 Å². The fraction of sp³-hybridized carbons (Fsp3) is 0.211. The third kappa shape index (κ3) is 7.09. The van der Waals surface area contributed by atoms with E-state index in [4.69, 9.17) is 14.2 Å². The Morgan fingerprint density at radius 3 is 2.41 bits per heavy atom. The molecular weight excluding hydrogens is 392 g/mol. The Labute approximate surface area is 164 Å². The van der Waals surface area contributed by atoms with Gasteiger partial charge in [-0.25, -0.2) is 4.79 Å². The largest absolute Gasteiger partial charge is 0.493 e. The van der Waals surface area contributed by atoms with Crippen LogP contribution in [0.25, 0.3) is 0 Å². The average Bonchev–Trinajstić information content (AvgIpc) is 2.71. The van der Waals surface area contributed by atoms with Crippen molar-refractivity contribution in [1.29, 1.82) is 0 Å². The summed E-state index contributed by atoms with van der Waals surface area (Å²) < 4.78 is 43.5. The molecule has 0 aliphatic rings. The maximum atomic E-state index is 12.1. The summed E-state index contributed by atoms with van der Waals surface area (Å²) in [6.45, 7) is -4.00. The number of carbonyl (C=O) groups excluding carboxylic acids is 3. The highest BCUT2D eigenvalue weighted by Crippen LogP contribution is 2.27. The molecule has 0 atom stereocenters. The molecular formula is C19H17F2NO7. The molecule has 10 heteroatoms. The summed E-state index contributed by atoms with van der Waals surface area (Å²) in [5, 5.41) is 2.43. The number of hydrogen-bond donors (Lipinski definition) is 1. The van der Waals surface area contributed by atoms with Crippen molar-refractivity contribution in [3.8, 4) is 17.2 Å². The van der Waals surface area contributed by atoms with E-state index in [1.807, 2.05) is 0 Å². The number of alkyl halides is 2. The molecule has 0 spiro atoms. The first-order chi connectivity index (χ1) is 13.9. The van der Waals surface area contributed by atoms with Crippen LogP contribution in [0.5, 0.6) is 17.2 Å². The highest BCUT2D eigenvalue weighted by molar-refractivity contribution is 5.92. The van der Waals surface area contributed by atoms with Gasteiger partial charge >= 0.3 is 12.6 Å². The summed E-state index contributed by atoms with van der Waals surface area (Å²) in [4.78, 5) is 34.3. The number of esters is 1. The van der Waals surface area contributed by atoms with Crippen molar-refractivity contribution in [1.82, 2.24) is 0 Å². The second-order valence-electron chi connectivity index (χ2n) is 5.43. The Balaban J connectivity index is 1.77. The van der Waals surface area contributed by atoms with Gasteiger partial charge in [0.1, 0.15) is 12.0 Å². The zero-order valence-electron chi connectivity index (χ0n) is 15.2. The number of halogens is 2. The molecule has 0 bridgehead atoms. The molecule has 2 aromatic rings. The van der Waals surface area contributed by atoms with Crippen molar-refractivity contribution in [3.05, 3.63) is 48.0 Å². The van der Waals surface area contributed by atoms with Crippen LogP contribution in [0.4, 0.5) is 14.5 Å². The van der Waals surface area contributed by atoms with Gasteiger partial charge in [0.15, 0.2) is 24.7 Å². The van der Waals surface area contributed by atoms with Gasteiger partial charge in [-0.05, 0) is 42.5 Å². The SMILES string of the molecule is COc1cc(C=O)ccc1OCC(=O)OCC(=O)Nc1ccc(OC(F)F)cc1. The maximum absolute atomic E-state index is 12.1. The van der Waals surface area contributed by atoms with Crippen LogP contribution in [0.3, 0.4) is 0 Å². The number of hydrogen-bond acceptors (Lipinski definition) is 7. The molecule has 0 aliphatic carbocycles. The van der Waals surface area contributed by atoms with E-state index in [0.29, 0.717) is 17.5 Å². The van der Waals surface area contributed by atoms with Gasteiger partial charge in [0.05, 0.1) is 7.11 Å². The molecule has 2 rings (SSSR count). The Hall–Kier alpha value is -3.69. The fourth-order valence-corrected chi connectivity index (χ4v) is 2.12. The van der Waals surface area contributed by atoms with E-state index < -0.39 is 31.7 Å². The molecule has 0 heterocycles. The number of carbonyl (C=O) groups is 3. The van der Waals surface area contributed by atoms with Crippen LogP contribution in [-0.4, -0.2) is 45.1 Å². The zero-order valence-corrected chi connectivity index (χ0v) is 15.2. The number of benzene rings is 2. The van der Waals surface area contributed by atoms with E-state index in [1.54, 1.807) is 0 Å². The summed E-state index contributed by atoms with van der Waals surface area (Å²) in [7, 11) is 1.38. The van der Waals surface area contributed by atoms with Crippen LogP contribution in [0.1, 0.15) is 10.4 Å². The zero-order chi connectivity index (χ0) is 21.2. The van der Waals surface area contributed by atoms with E-state index in [2.05, 4.69) is 10.1 Å². The molecule has 0 saturated heterocycles. The topological polar surface area (TPSA) is 100 Å². The van der Waals surface area contributed by atoms with Gasteiger partial charge in [-0.3, -0.25) is 9.59 Å². The Kier molecular flexibility index (Phi) is 7.89. The quantitative estimate of drug-likeness (QED) is 0.476. The Morgan fingerprint density at radius 2 is 1.79 bits per heavy atom. The summed E-state index contributed by atoms with van der Waals surface area (Å²) in [5.41, 5.74) is 0.686. The predicted molar refractivity (Wildman–Crippen MR) is 96.5 cm³/mol. The minimum absolute atomic E-state index is 0.0572. The van der Waals surface area contributed by atoms with Crippen molar-refractivity contribution in [3.63, 3.8) is 0 Å². The van der Waals surface area contributed by atoms with Crippen LogP contribution in [0.15, 0.2) is 42.5 Å². The predicted octanol–water partition coefficient (Wildman–Crippen LogP) is 2.67. The summed E-state index contributed by atoms with van der Waals surface area (Å²) >= 11 is 0. The van der Waals surface area contributed by atoms with Crippen LogP contribution < -0.4 is 19.5 Å². The number of nitrogens with one attached hydrogen (secondary N) is 1. The lowest BCUT2D eigenvalue weighted by Crippen LogP contribution is -2.23. The molecule has 154 valence electrons. The van der Waals surface area contributed by atoms with E-state index in [9.17, 15) is 23.2 Å². The Bertz CT molecular complexity index is 856. The van der Waals surface area contributed by atoms with Crippen molar-refractivity contribution in [2.24, 2.45) is 0 Å². The molecule has 2 aromatic carbocycles. The molecule has 0 fully saturated rings. The molecule has 0 saturated carbocycles. The normalized spacial score (nSPS) is 10.2. The number of methoxy groups -OCH3 is 1. The molecule has 1 amide bonds. The third-order valence-electron chi connectivity index (χ3n) is 3.40. The van der Waals surface area contributed by atoms with Gasteiger partial charge < -0.3 is 24.3 Å². The second-order valence-corrected chi connectivity index (χ2v) is 5.43. The van der Waals surface area contributed by atoms with Crippen LogP contribution in [0, 0.1) is 0 Å². The highest BCUT2D eigenvalue weighted by Gasteiger charge is 2.12. The molecule has 29 heavy (non-hydrogen) atoms. The first kappa shape index (κ1) is 21.6. The van der Waals surface area contributed by atoms with E-state index in [0.717, 1.165) is 0 Å². The summed E-state index contributed by atoms with van der Waals surface area (Å²) in [6, 6.07) is 9.62. The second kappa shape index (κ2) is 10.6. The lowest BCUT2D eigenvalue weighted by molar-refractivity contribution is -0.149. The fourth-order valence-electron chi connectivity index (χ4n) is 2.12. The van der Waals surface area contributed by atoms with Gasteiger partial charge in [0.25, 0.3) is 5.91 Å². The van der Waals surface area contributed by atoms with E-state index in [-0.39, 0.29) is 17.2 Å². The van der Waals surface area contributed by atoms with Crippen molar-refractivity contribution >= 4 is 23.9 Å². The Morgan fingerprint density at radius 1 is 1.07 bits per heavy atom. The third-order valence-corrected chi connectivity index (χ3v) is 3.40. The van der Waals surface area contributed by atoms with Gasteiger partial charge in [0, 0.05) is 11.3 Å². The number of rotatable bonds is 10. The van der Waals surface area contributed by atoms with Crippen LogP contribution >= 0.6 is 0 Å². The first-order valence-corrected chi connectivity index (χ1v) is 8.17.